The van der Waals surface area contributed by atoms with Gasteiger partial charge in [0.15, 0.2) is 0 Å². The molecule has 3 unspecified atom stereocenters. The van der Waals surface area contributed by atoms with E-state index < -0.39 is 5.82 Å². The molecule has 21 heavy (non-hydrogen) atoms. The fourth-order valence-electron chi connectivity index (χ4n) is 4.61. The maximum atomic E-state index is 13.5. The summed E-state index contributed by atoms with van der Waals surface area (Å²) in [6, 6.07) is 4.48. The van der Waals surface area contributed by atoms with E-state index in [0.717, 1.165) is 12.8 Å². The van der Waals surface area contributed by atoms with Crippen LogP contribution in [0.2, 0.25) is 0 Å². The summed E-state index contributed by atoms with van der Waals surface area (Å²) in [5.41, 5.74) is 6.08. The predicted octanol–water partition coefficient (Wildman–Crippen LogP) is 3.35. The first kappa shape index (κ1) is 14.4. The van der Waals surface area contributed by atoms with Crippen LogP contribution < -0.4 is 11.1 Å². The molecule has 0 saturated heterocycles. The third-order valence-electron chi connectivity index (χ3n) is 5.84. The van der Waals surface area contributed by atoms with E-state index in [-0.39, 0.29) is 34.0 Å². The van der Waals surface area contributed by atoms with E-state index in [2.05, 4.69) is 26.1 Å². The molecule has 3 rings (SSSR count). The fourth-order valence-corrected chi connectivity index (χ4v) is 4.61. The van der Waals surface area contributed by atoms with E-state index >= 15 is 0 Å². The van der Waals surface area contributed by atoms with E-state index in [4.69, 9.17) is 5.73 Å². The Balaban J connectivity index is 1.87. The summed E-state index contributed by atoms with van der Waals surface area (Å²) in [6.45, 7) is 6.70. The molecule has 114 valence electrons. The maximum Gasteiger partial charge on any atom is 0.253 e. The molecule has 2 aliphatic rings. The summed E-state index contributed by atoms with van der Waals surface area (Å²) < 4.78 is 13.5. The number of nitrogen functional groups attached to an aromatic ring is 1. The van der Waals surface area contributed by atoms with Gasteiger partial charge >= 0.3 is 0 Å². The molecule has 0 radical (unpaired) electrons. The van der Waals surface area contributed by atoms with E-state index in [1.165, 1.54) is 18.6 Å². The number of hydrogen-bond acceptors (Lipinski definition) is 2. The van der Waals surface area contributed by atoms with Crippen LogP contribution in [0, 0.1) is 22.6 Å². The number of anilines is 1. The number of para-hydroxylation sites is 1. The zero-order valence-corrected chi connectivity index (χ0v) is 12.9. The van der Waals surface area contributed by atoms with E-state index in [9.17, 15) is 9.18 Å². The molecule has 0 aromatic heterocycles. The van der Waals surface area contributed by atoms with Gasteiger partial charge in [-0.3, -0.25) is 4.79 Å². The number of nitrogens with two attached hydrogens (primary N) is 1. The number of amides is 1. The molecule has 1 aromatic rings. The Morgan fingerprint density at radius 3 is 2.71 bits per heavy atom. The van der Waals surface area contributed by atoms with Gasteiger partial charge in [0.2, 0.25) is 0 Å². The van der Waals surface area contributed by atoms with Crippen LogP contribution in [0.1, 0.15) is 50.4 Å². The molecule has 0 spiro atoms. The van der Waals surface area contributed by atoms with Gasteiger partial charge < -0.3 is 11.1 Å². The second-order valence-corrected chi connectivity index (χ2v) is 7.52. The van der Waals surface area contributed by atoms with Crippen LogP contribution in [-0.4, -0.2) is 11.9 Å². The molecule has 1 aromatic carbocycles. The molecule has 4 heteroatoms. The lowest BCUT2D eigenvalue weighted by Gasteiger charge is -2.43. The second kappa shape index (κ2) is 4.46. The van der Waals surface area contributed by atoms with Gasteiger partial charge in [0.1, 0.15) is 5.82 Å². The molecule has 2 fully saturated rings. The van der Waals surface area contributed by atoms with Gasteiger partial charge in [0, 0.05) is 6.04 Å². The minimum absolute atomic E-state index is 0.0684. The first-order chi connectivity index (χ1) is 9.75. The fraction of sp³-hybridized carbons (Fsp3) is 0.588. The molecule has 2 aliphatic carbocycles. The Hall–Kier alpha value is -1.58. The molecular formula is C17H23FN2O. The Morgan fingerprint density at radius 1 is 1.38 bits per heavy atom. The number of nitrogens with one attached hydrogen (secondary N) is 1. The van der Waals surface area contributed by atoms with Crippen molar-refractivity contribution in [1.82, 2.24) is 5.32 Å². The van der Waals surface area contributed by atoms with Crippen molar-refractivity contribution in [3.63, 3.8) is 0 Å². The zero-order chi connectivity index (χ0) is 15.4. The van der Waals surface area contributed by atoms with Gasteiger partial charge in [-0.15, -0.1) is 0 Å². The normalized spacial score (nSPS) is 33.1. The van der Waals surface area contributed by atoms with Crippen molar-refractivity contribution < 1.29 is 9.18 Å². The van der Waals surface area contributed by atoms with E-state index in [1.807, 2.05) is 0 Å². The summed E-state index contributed by atoms with van der Waals surface area (Å²) in [4.78, 5) is 12.5. The van der Waals surface area contributed by atoms with Crippen molar-refractivity contribution in [3.8, 4) is 0 Å². The predicted molar refractivity (Wildman–Crippen MR) is 81.3 cm³/mol. The number of halogens is 1. The second-order valence-electron chi connectivity index (χ2n) is 7.52. The standard InChI is InChI=1S/C17H23FN2O/c1-16(2)10-7-8-17(3,9-10)15(16)20-14(21)11-5-4-6-12(18)13(11)19/h4-6,10,15H,7-9,19H2,1-3H3,(H,20,21). The summed E-state index contributed by atoms with van der Waals surface area (Å²) in [7, 11) is 0. The van der Waals surface area contributed by atoms with Gasteiger partial charge in [-0.25, -0.2) is 4.39 Å². The molecule has 3 nitrogen and oxygen atoms in total. The van der Waals surface area contributed by atoms with Crippen LogP contribution in [-0.2, 0) is 0 Å². The van der Waals surface area contributed by atoms with Crippen molar-refractivity contribution in [1.29, 1.82) is 0 Å². The van der Waals surface area contributed by atoms with Crippen LogP contribution in [0.25, 0.3) is 0 Å². The number of benzene rings is 1. The third kappa shape index (κ3) is 2.03. The highest BCUT2D eigenvalue weighted by Gasteiger charge is 2.59. The molecule has 1 amide bonds. The number of fused-ring (bicyclic) bond motifs is 2. The topological polar surface area (TPSA) is 55.1 Å². The average Bonchev–Trinajstić information content (AvgIpc) is 2.89. The van der Waals surface area contributed by atoms with Crippen molar-refractivity contribution in [2.45, 2.75) is 46.1 Å². The lowest BCUT2D eigenvalue weighted by Crippen LogP contribution is -2.52. The minimum atomic E-state index is -0.541. The first-order valence-electron chi connectivity index (χ1n) is 7.60. The van der Waals surface area contributed by atoms with Crippen molar-refractivity contribution >= 4 is 11.6 Å². The monoisotopic (exact) mass is 290 g/mol. The molecule has 2 bridgehead atoms. The van der Waals surface area contributed by atoms with E-state index in [1.54, 1.807) is 6.07 Å². The lowest BCUT2D eigenvalue weighted by molar-refractivity contribution is 0.0738. The number of carbonyl (C=O) groups is 1. The highest BCUT2D eigenvalue weighted by Crippen LogP contribution is 2.62. The van der Waals surface area contributed by atoms with E-state index in [0.29, 0.717) is 5.92 Å². The van der Waals surface area contributed by atoms with Crippen molar-refractivity contribution in [3.05, 3.63) is 29.6 Å². The number of rotatable bonds is 2. The molecule has 3 atom stereocenters. The van der Waals surface area contributed by atoms with Crippen molar-refractivity contribution in [2.75, 3.05) is 5.73 Å². The van der Waals surface area contributed by atoms with Gasteiger partial charge in [-0.1, -0.05) is 26.8 Å². The Bertz CT molecular complexity index is 594. The largest absolute Gasteiger partial charge is 0.396 e. The maximum absolute atomic E-state index is 13.5. The van der Waals surface area contributed by atoms with Gasteiger partial charge in [-0.05, 0) is 48.1 Å². The highest BCUT2D eigenvalue weighted by atomic mass is 19.1. The quantitative estimate of drug-likeness (QED) is 0.821. The van der Waals surface area contributed by atoms with Crippen LogP contribution in [0.3, 0.4) is 0 Å². The summed E-state index contributed by atoms with van der Waals surface area (Å²) in [5.74, 6) is -0.155. The molecule has 2 saturated carbocycles. The summed E-state index contributed by atoms with van der Waals surface area (Å²) in [5, 5.41) is 3.14. The van der Waals surface area contributed by atoms with Gasteiger partial charge in [0.05, 0.1) is 11.3 Å². The van der Waals surface area contributed by atoms with Crippen LogP contribution in [0.15, 0.2) is 18.2 Å². The molecule has 0 aliphatic heterocycles. The molecular weight excluding hydrogens is 267 g/mol. The number of hydrogen-bond donors (Lipinski definition) is 2. The molecule has 3 N–H and O–H groups in total. The summed E-state index contributed by atoms with van der Waals surface area (Å²) in [6.07, 6.45) is 3.53. The smallest absolute Gasteiger partial charge is 0.253 e. The average molecular weight is 290 g/mol. The zero-order valence-electron chi connectivity index (χ0n) is 12.9. The SMILES string of the molecule is CC12CCC(C1)C(C)(C)C2NC(=O)c1cccc(F)c1N. The van der Waals surface area contributed by atoms with Crippen molar-refractivity contribution in [2.24, 2.45) is 16.7 Å². The van der Waals surface area contributed by atoms with Crippen LogP contribution in [0.4, 0.5) is 10.1 Å². The molecule has 0 heterocycles. The number of carbonyl (C=O) groups excluding carboxylic acids is 1. The third-order valence-corrected chi connectivity index (χ3v) is 5.84. The van der Waals surface area contributed by atoms with Crippen LogP contribution >= 0.6 is 0 Å². The first-order valence-corrected chi connectivity index (χ1v) is 7.60. The van der Waals surface area contributed by atoms with Gasteiger partial charge in [0.25, 0.3) is 5.91 Å². The Kier molecular flexibility index (Phi) is 3.05. The van der Waals surface area contributed by atoms with Crippen LogP contribution in [0.5, 0.6) is 0 Å². The summed E-state index contributed by atoms with van der Waals surface area (Å²) >= 11 is 0. The Morgan fingerprint density at radius 2 is 2.10 bits per heavy atom. The van der Waals surface area contributed by atoms with Gasteiger partial charge in [-0.2, -0.15) is 0 Å². The Labute approximate surface area is 125 Å². The minimum Gasteiger partial charge on any atom is -0.396 e. The lowest BCUT2D eigenvalue weighted by atomic mass is 9.68. The highest BCUT2D eigenvalue weighted by molar-refractivity contribution is 5.99.